The number of benzene rings is 3. The maximum atomic E-state index is 9.10. The zero-order chi connectivity index (χ0) is 23.6. The van der Waals surface area contributed by atoms with E-state index in [1.54, 1.807) is 0 Å². The van der Waals surface area contributed by atoms with Crippen LogP contribution in [0.5, 0.6) is 0 Å². The fraction of sp³-hybridized carbons (Fsp3) is 0.231. The quantitative estimate of drug-likeness (QED) is 0.542. The van der Waals surface area contributed by atoms with E-state index in [1.807, 2.05) is 12.1 Å². The van der Waals surface area contributed by atoms with Gasteiger partial charge in [0.25, 0.3) is 0 Å². The zero-order valence-corrected chi connectivity index (χ0v) is 18.9. The average Bonchev–Trinajstić information content (AvgIpc) is 2.84. The van der Waals surface area contributed by atoms with Gasteiger partial charge in [0.2, 0.25) is 0 Å². The van der Waals surface area contributed by atoms with Crippen molar-refractivity contribution in [3.05, 3.63) is 107 Å². The molecule has 0 spiro atoms. The predicted octanol–water partition coefficient (Wildman–Crippen LogP) is 4.40. The van der Waals surface area contributed by atoms with Crippen LogP contribution in [0.25, 0.3) is 0 Å². The van der Waals surface area contributed by atoms with Crippen LogP contribution in [0.4, 0.5) is 0 Å². The molecular weight excluding hydrogens is 440 g/mol. The topological polar surface area (TPSA) is 81.1 Å². The molecule has 3 aromatic rings. The monoisotopic (exact) mass is 466 g/mol. The third-order valence-corrected chi connectivity index (χ3v) is 5.76. The van der Waals surface area contributed by atoms with Crippen LogP contribution < -0.4 is 0 Å². The van der Waals surface area contributed by atoms with Crippen molar-refractivity contribution in [2.45, 2.75) is 12.6 Å². The molecule has 1 fully saturated rings. The Morgan fingerprint density at radius 2 is 1.18 bits per heavy atom. The summed E-state index contributed by atoms with van der Waals surface area (Å²) in [5.41, 5.74) is 4.07. The standard InChI is InChI=1S/C24H25ClN2.C2H2O4/c25-23-13-11-20(12-14-23)19-26-15-17-27(18-16-26)24(21-7-3-1-4-8-21)22-9-5-2-6-10-22;3-1(4)2(5)6/h1-14,24H,15-19H2;(H,3,4)(H,5,6). The van der Waals surface area contributed by atoms with Crippen molar-refractivity contribution in [1.82, 2.24) is 9.80 Å². The minimum Gasteiger partial charge on any atom is -0.473 e. The van der Waals surface area contributed by atoms with Crippen molar-refractivity contribution in [3.8, 4) is 0 Å². The molecule has 1 aliphatic rings. The van der Waals surface area contributed by atoms with Crippen molar-refractivity contribution in [1.29, 1.82) is 0 Å². The van der Waals surface area contributed by atoms with E-state index in [0.717, 1.165) is 37.7 Å². The number of carbonyl (C=O) groups is 2. The Hall–Kier alpha value is -3.19. The van der Waals surface area contributed by atoms with Crippen LogP contribution in [0.15, 0.2) is 84.9 Å². The Morgan fingerprint density at radius 1 is 0.727 bits per heavy atom. The van der Waals surface area contributed by atoms with Gasteiger partial charge in [-0.1, -0.05) is 84.4 Å². The number of carboxylic acids is 2. The van der Waals surface area contributed by atoms with E-state index in [2.05, 4.69) is 82.6 Å². The number of halogens is 1. The minimum atomic E-state index is -1.82. The van der Waals surface area contributed by atoms with Crippen molar-refractivity contribution < 1.29 is 19.8 Å². The van der Waals surface area contributed by atoms with Gasteiger partial charge >= 0.3 is 11.9 Å². The summed E-state index contributed by atoms with van der Waals surface area (Å²) in [6, 6.07) is 30.3. The van der Waals surface area contributed by atoms with Crippen LogP contribution in [-0.4, -0.2) is 58.1 Å². The molecule has 0 amide bonds. The summed E-state index contributed by atoms with van der Waals surface area (Å²) in [7, 11) is 0. The number of nitrogens with zero attached hydrogens (tertiary/aromatic N) is 2. The lowest BCUT2D eigenvalue weighted by molar-refractivity contribution is -0.159. The molecule has 172 valence electrons. The molecule has 33 heavy (non-hydrogen) atoms. The zero-order valence-electron chi connectivity index (χ0n) is 18.2. The minimum absolute atomic E-state index is 0.324. The molecule has 0 radical (unpaired) electrons. The highest BCUT2D eigenvalue weighted by molar-refractivity contribution is 6.30. The summed E-state index contributed by atoms with van der Waals surface area (Å²) in [4.78, 5) is 23.3. The van der Waals surface area contributed by atoms with Crippen LogP contribution in [0.2, 0.25) is 5.02 Å². The van der Waals surface area contributed by atoms with Gasteiger partial charge in [-0.15, -0.1) is 0 Å². The second kappa shape index (κ2) is 12.2. The smallest absolute Gasteiger partial charge is 0.414 e. The maximum Gasteiger partial charge on any atom is 0.414 e. The first-order valence-corrected chi connectivity index (χ1v) is 11.1. The van der Waals surface area contributed by atoms with E-state index >= 15 is 0 Å². The van der Waals surface area contributed by atoms with E-state index in [4.69, 9.17) is 31.4 Å². The van der Waals surface area contributed by atoms with Gasteiger partial charge < -0.3 is 10.2 Å². The second-order valence-corrected chi connectivity index (χ2v) is 8.21. The normalized spacial score (nSPS) is 14.4. The fourth-order valence-corrected chi connectivity index (χ4v) is 4.04. The van der Waals surface area contributed by atoms with Crippen molar-refractivity contribution in [2.24, 2.45) is 0 Å². The largest absolute Gasteiger partial charge is 0.473 e. The summed E-state index contributed by atoms with van der Waals surface area (Å²) in [6.45, 7) is 5.30. The lowest BCUT2D eigenvalue weighted by Crippen LogP contribution is -2.47. The van der Waals surface area contributed by atoms with Crippen LogP contribution in [0.3, 0.4) is 0 Å². The van der Waals surface area contributed by atoms with E-state index in [-0.39, 0.29) is 0 Å². The first-order chi connectivity index (χ1) is 15.9. The Bertz CT molecular complexity index is 970. The molecule has 7 heteroatoms. The van der Waals surface area contributed by atoms with E-state index in [0.29, 0.717) is 6.04 Å². The van der Waals surface area contributed by atoms with Crippen molar-refractivity contribution in [2.75, 3.05) is 26.2 Å². The first-order valence-electron chi connectivity index (χ1n) is 10.7. The summed E-state index contributed by atoms with van der Waals surface area (Å²) >= 11 is 6.00. The summed E-state index contributed by atoms with van der Waals surface area (Å²) in [6.07, 6.45) is 0. The Kier molecular flexibility index (Phi) is 9.01. The lowest BCUT2D eigenvalue weighted by Gasteiger charge is -2.39. The number of piperazine rings is 1. The summed E-state index contributed by atoms with van der Waals surface area (Å²) in [5, 5.41) is 15.6. The second-order valence-electron chi connectivity index (χ2n) is 7.77. The molecule has 1 heterocycles. The Labute approximate surface area is 198 Å². The molecule has 1 saturated heterocycles. The molecule has 6 nitrogen and oxygen atoms in total. The third kappa shape index (κ3) is 7.43. The van der Waals surface area contributed by atoms with E-state index in [1.165, 1.54) is 16.7 Å². The Balaban J connectivity index is 0.000000454. The molecule has 0 atom stereocenters. The highest BCUT2D eigenvalue weighted by Crippen LogP contribution is 2.29. The molecule has 3 aromatic carbocycles. The van der Waals surface area contributed by atoms with Crippen LogP contribution in [0, 0.1) is 0 Å². The molecule has 0 bridgehead atoms. The number of aliphatic carboxylic acids is 2. The average molecular weight is 467 g/mol. The van der Waals surface area contributed by atoms with Gasteiger partial charge in [-0.2, -0.15) is 0 Å². The van der Waals surface area contributed by atoms with Gasteiger partial charge in [0.15, 0.2) is 0 Å². The molecule has 0 aliphatic carbocycles. The highest BCUT2D eigenvalue weighted by atomic mass is 35.5. The predicted molar refractivity (Wildman–Crippen MR) is 128 cm³/mol. The number of carboxylic acid groups (broad SMARTS) is 2. The molecule has 0 saturated carbocycles. The van der Waals surface area contributed by atoms with Crippen LogP contribution >= 0.6 is 11.6 Å². The SMILES string of the molecule is Clc1ccc(CN2CCN(C(c3ccccc3)c3ccccc3)CC2)cc1.O=C(O)C(=O)O. The number of rotatable bonds is 5. The molecule has 0 aromatic heterocycles. The molecule has 1 aliphatic heterocycles. The molecule has 2 N–H and O–H groups in total. The van der Waals surface area contributed by atoms with Crippen molar-refractivity contribution in [3.63, 3.8) is 0 Å². The molecule has 4 rings (SSSR count). The number of hydrogen-bond donors (Lipinski definition) is 2. The summed E-state index contributed by atoms with van der Waals surface area (Å²) < 4.78 is 0. The van der Waals surface area contributed by atoms with E-state index < -0.39 is 11.9 Å². The van der Waals surface area contributed by atoms with E-state index in [9.17, 15) is 0 Å². The maximum absolute atomic E-state index is 9.10. The first kappa shape index (κ1) is 24.5. The number of hydrogen-bond acceptors (Lipinski definition) is 4. The fourth-order valence-electron chi connectivity index (χ4n) is 3.91. The lowest BCUT2D eigenvalue weighted by atomic mass is 9.96. The van der Waals surface area contributed by atoms with Gasteiger partial charge in [-0.05, 0) is 28.8 Å². The van der Waals surface area contributed by atoms with Crippen LogP contribution in [0.1, 0.15) is 22.7 Å². The van der Waals surface area contributed by atoms with Gasteiger partial charge in [-0.3, -0.25) is 9.80 Å². The van der Waals surface area contributed by atoms with Crippen molar-refractivity contribution >= 4 is 23.5 Å². The van der Waals surface area contributed by atoms with Crippen LogP contribution in [-0.2, 0) is 16.1 Å². The Morgan fingerprint density at radius 3 is 1.61 bits per heavy atom. The third-order valence-electron chi connectivity index (χ3n) is 5.51. The van der Waals surface area contributed by atoms with Gasteiger partial charge in [0.05, 0.1) is 6.04 Å². The van der Waals surface area contributed by atoms with Gasteiger partial charge in [-0.25, -0.2) is 9.59 Å². The summed E-state index contributed by atoms with van der Waals surface area (Å²) in [5.74, 6) is -3.65. The molecular formula is C26H27ClN2O4. The van der Waals surface area contributed by atoms with Gasteiger partial charge in [0.1, 0.15) is 0 Å². The van der Waals surface area contributed by atoms with Gasteiger partial charge in [0, 0.05) is 37.7 Å². The molecule has 0 unspecified atom stereocenters. The highest BCUT2D eigenvalue weighted by Gasteiger charge is 2.26.